The largest absolute Gasteiger partial charge is 0.469 e. The topological polar surface area (TPSA) is 73.0 Å². The number of nitrogens with one attached hydrogen (secondary N) is 1. The van der Waals surface area contributed by atoms with E-state index < -0.39 is 0 Å². The molecule has 1 aromatic carbocycles. The Morgan fingerprint density at radius 3 is 2.80 bits per heavy atom. The fraction of sp³-hybridized carbons (Fsp3) is 0.278. The number of amides is 1. The van der Waals surface area contributed by atoms with Crippen LogP contribution in [0.25, 0.3) is 11.4 Å². The van der Waals surface area contributed by atoms with Gasteiger partial charge < -0.3 is 14.3 Å². The Balaban J connectivity index is 1.65. The third kappa shape index (κ3) is 3.76. The molecule has 2 heterocycles. The Morgan fingerprint density at radius 2 is 2.08 bits per heavy atom. The lowest BCUT2D eigenvalue weighted by Gasteiger charge is -2.09. The fourth-order valence-corrected chi connectivity index (χ4v) is 3.27. The van der Waals surface area contributed by atoms with Crippen LogP contribution in [-0.2, 0) is 18.3 Å². The number of hydrogen-bond donors (Lipinski definition) is 1. The van der Waals surface area contributed by atoms with Gasteiger partial charge in [0.25, 0.3) is 0 Å². The van der Waals surface area contributed by atoms with Crippen molar-refractivity contribution in [1.82, 2.24) is 14.8 Å². The number of nitrogens with zero attached hydrogens (tertiary/aromatic N) is 3. The van der Waals surface area contributed by atoms with E-state index in [1.807, 2.05) is 48.9 Å². The molecule has 0 aliphatic rings. The maximum atomic E-state index is 12.3. The normalized spacial score (nSPS) is 10.8. The van der Waals surface area contributed by atoms with Gasteiger partial charge in [-0.15, -0.1) is 10.2 Å². The van der Waals surface area contributed by atoms with E-state index in [9.17, 15) is 4.79 Å². The Labute approximate surface area is 150 Å². The van der Waals surface area contributed by atoms with Gasteiger partial charge >= 0.3 is 0 Å². The summed E-state index contributed by atoms with van der Waals surface area (Å²) in [5.74, 6) is 1.73. The van der Waals surface area contributed by atoms with Crippen molar-refractivity contribution in [1.29, 1.82) is 0 Å². The highest BCUT2D eigenvalue weighted by atomic mass is 32.2. The van der Waals surface area contributed by atoms with Gasteiger partial charge in [-0.2, -0.15) is 0 Å². The van der Waals surface area contributed by atoms with Gasteiger partial charge in [0.15, 0.2) is 11.0 Å². The second-order valence-electron chi connectivity index (χ2n) is 5.60. The zero-order valence-corrected chi connectivity index (χ0v) is 15.3. The minimum atomic E-state index is -0.0602. The van der Waals surface area contributed by atoms with Crippen molar-refractivity contribution in [2.45, 2.75) is 25.4 Å². The molecule has 0 radical (unpaired) electrons. The summed E-state index contributed by atoms with van der Waals surface area (Å²) in [5.41, 5.74) is 2.89. The second-order valence-corrected chi connectivity index (χ2v) is 6.55. The van der Waals surface area contributed by atoms with Crippen LogP contribution in [-0.4, -0.2) is 26.4 Å². The predicted molar refractivity (Wildman–Crippen MR) is 98.6 cm³/mol. The molecule has 0 saturated heterocycles. The molecular formula is C18H20N4O2S. The number of anilines is 1. The summed E-state index contributed by atoms with van der Waals surface area (Å²) in [6, 6.07) is 9.70. The number of carbonyl (C=O) groups excluding carboxylic acids is 1. The molecule has 0 atom stereocenters. The first kappa shape index (κ1) is 17.3. The minimum Gasteiger partial charge on any atom is -0.469 e. The lowest BCUT2D eigenvalue weighted by molar-refractivity contribution is -0.113. The Hall–Kier alpha value is -2.54. The zero-order valence-electron chi connectivity index (χ0n) is 14.4. The number of furan rings is 1. The van der Waals surface area contributed by atoms with Gasteiger partial charge in [-0.25, -0.2) is 0 Å². The van der Waals surface area contributed by atoms with Crippen molar-refractivity contribution in [3.8, 4) is 11.4 Å². The fourth-order valence-electron chi connectivity index (χ4n) is 2.56. The Morgan fingerprint density at radius 1 is 1.28 bits per heavy atom. The standard InChI is InChI=1S/C18H20N4O2S/c1-4-13-7-5-6-8-15(13)19-16(23)11-25-18-21-20-17(22(18)3)14-9-10-24-12(14)2/h5-10H,4,11H2,1-3H3,(H,19,23). The van der Waals surface area contributed by atoms with E-state index in [1.165, 1.54) is 11.8 Å². The van der Waals surface area contributed by atoms with Gasteiger partial charge in [-0.05, 0) is 31.0 Å². The van der Waals surface area contributed by atoms with Crippen molar-refractivity contribution in [3.05, 3.63) is 47.9 Å². The van der Waals surface area contributed by atoms with Crippen LogP contribution in [0.4, 0.5) is 5.69 Å². The molecule has 3 rings (SSSR count). The van der Waals surface area contributed by atoms with Gasteiger partial charge in [0.2, 0.25) is 5.91 Å². The molecule has 25 heavy (non-hydrogen) atoms. The molecule has 2 aromatic heterocycles. The summed E-state index contributed by atoms with van der Waals surface area (Å²) in [6.45, 7) is 3.95. The molecule has 130 valence electrons. The van der Waals surface area contributed by atoms with Crippen molar-refractivity contribution < 1.29 is 9.21 Å². The van der Waals surface area contributed by atoms with Gasteiger partial charge in [-0.3, -0.25) is 4.79 Å². The van der Waals surface area contributed by atoms with Gasteiger partial charge in [0, 0.05) is 12.7 Å². The summed E-state index contributed by atoms with van der Waals surface area (Å²) in [5, 5.41) is 12.0. The zero-order chi connectivity index (χ0) is 17.8. The van der Waals surface area contributed by atoms with E-state index >= 15 is 0 Å². The highest BCUT2D eigenvalue weighted by Gasteiger charge is 2.16. The number of carbonyl (C=O) groups is 1. The molecule has 0 unspecified atom stereocenters. The maximum Gasteiger partial charge on any atom is 0.234 e. The summed E-state index contributed by atoms with van der Waals surface area (Å²) >= 11 is 1.36. The minimum absolute atomic E-state index is 0.0602. The Bertz CT molecular complexity index is 885. The van der Waals surface area contributed by atoms with Gasteiger partial charge in [0.05, 0.1) is 17.6 Å². The van der Waals surface area contributed by atoms with E-state index in [4.69, 9.17) is 4.42 Å². The quantitative estimate of drug-likeness (QED) is 0.682. The smallest absolute Gasteiger partial charge is 0.234 e. The third-order valence-electron chi connectivity index (χ3n) is 3.94. The number of thioether (sulfide) groups is 1. The van der Waals surface area contributed by atoms with E-state index in [2.05, 4.69) is 22.4 Å². The van der Waals surface area contributed by atoms with Gasteiger partial charge in [-0.1, -0.05) is 36.9 Å². The average molecular weight is 356 g/mol. The Kier molecular flexibility index (Phi) is 5.23. The summed E-state index contributed by atoms with van der Waals surface area (Å²) in [4.78, 5) is 12.3. The molecule has 6 nitrogen and oxygen atoms in total. The van der Waals surface area contributed by atoms with Crippen LogP contribution in [0.15, 0.2) is 46.2 Å². The summed E-state index contributed by atoms with van der Waals surface area (Å²) in [7, 11) is 1.88. The monoisotopic (exact) mass is 356 g/mol. The van der Waals surface area contributed by atoms with Crippen LogP contribution in [0.2, 0.25) is 0 Å². The molecule has 0 fully saturated rings. The number of rotatable bonds is 6. The lowest BCUT2D eigenvalue weighted by atomic mass is 10.1. The highest BCUT2D eigenvalue weighted by molar-refractivity contribution is 7.99. The van der Waals surface area contributed by atoms with Crippen LogP contribution >= 0.6 is 11.8 Å². The highest BCUT2D eigenvalue weighted by Crippen LogP contribution is 2.26. The van der Waals surface area contributed by atoms with Gasteiger partial charge in [0.1, 0.15) is 5.76 Å². The van der Waals surface area contributed by atoms with Crippen LogP contribution in [0, 0.1) is 6.92 Å². The second kappa shape index (κ2) is 7.57. The van der Waals surface area contributed by atoms with E-state index in [0.29, 0.717) is 5.16 Å². The molecule has 7 heteroatoms. The van der Waals surface area contributed by atoms with Crippen LogP contribution in [0.1, 0.15) is 18.2 Å². The van der Waals surface area contributed by atoms with E-state index in [0.717, 1.165) is 34.8 Å². The number of hydrogen-bond acceptors (Lipinski definition) is 5. The number of benzene rings is 1. The predicted octanol–water partition coefficient (Wildman–Crippen LogP) is 3.68. The average Bonchev–Trinajstić information content (AvgIpc) is 3.19. The first-order valence-electron chi connectivity index (χ1n) is 8.04. The van der Waals surface area contributed by atoms with Crippen LogP contribution < -0.4 is 5.32 Å². The van der Waals surface area contributed by atoms with Crippen molar-refractivity contribution in [2.24, 2.45) is 7.05 Å². The molecule has 1 amide bonds. The van der Waals surface area contributed by atoms with Crippen molar-refractivity contribution >= 4 is 23.4 Å². The lowest BCUT2D eigenvalue weighted by Crippen LogP contribution is -2.15. The molecule has 0 aliphatic heterocycles. The van der Waals surface area contributed by atoms with Crippen molar-refractivity contribution in [3.63, 3.8) is 0 Å². The summed E-state index contributed by atoms with van der Waals surface area (Å²) < 4.78 is 7.19. The number of aromatic nitrogens is 3. The number of aryl methyl sites for hydroxylation is 2. The SMILES string of the molecule is CCc1ccccc1NC(=O)CSc1nnc(-c2ccoc2C)n1C. The van der Waals surface area contributed by atoms with E-state index in [-0.39, 0.29) is 11.7 Å². The molecular weight excluding hydrogens is 336 g/mol. The van der Waals surface area contributed by atoms with E-state index in [1.54, 1.807) is 6.26 Å². The number of para-hydroxylation sites is 1. The first-order chi connectivity index (χ1) is 12.1. The van der Waals surface area contributed by atoms with Crippen LogP contribution in [0.5, 0.6) is 0 Å². The third-order valence-corrected chi connectivity index (χ3v) is 4.96. The molecule has 0 spiro atoms. The molecule has 3 aromatic rings. The summed E-state index contributed by atoms with van der Waals surface area (Å²) in [6.07, 6.45) is 2.51. The molecule has 0 saturated carbocycles. The van der Waals surface area contributed by atoms with Crippen molar-refractivity contribution in [2.75, 3.05) is 11.1 Å². The first-order valence-corrected chi connectivity index (χ1v) is 9.03. The maximum absolute atomic E-state index is 12.3. The molecule has 0 aliphatic carbocycles. The molecule has 0 bridgehead atoms. The van der Waals surface area contributed by atoms with Crippen LogP contribution in [0.3, 0.4) is 0 Å². The molecule has 1 N–H and O–H groups in total.